The number of benzene rings is 3. The first-order chi connectivity index (χ1) is 17.6. The quantitative estimate of drug-likeness (QED) is 0.579. The second kappa shape index (κ2) is 7.67. The van der Waals surface area contributed by atoms with E-state index in [1.165, 1.54) is 4.90 Å². The topological polar surface area (TPSA) is 101 Å². The van der Waals surface area contributed by atoms with E-state index in [4.69, 9.17) is 9.47 Å². The molecular formula is C27H20N4O5. The van der Waals surface area contributed by atoms with Crippen LogP contribution in [0, 0.1) is 11.8 Å². The molecule has 4 aliphatic heterocycles. The molecule has 36 heavy (non-hydrogen) atoms. The van der Waals surface area contributed by atoms with Crippen molar-refractivity contribution in [2.24, 2.45) is 16.9 Å². The van der Waals surface area contributed by atoms with Crippen LogP contribution in [0.5, 0.6) is 11.5 Å². The maximum atomic E-state index is 13.9. The zero-order chi connectivity index (χ0) is 24.4. The number of anilines is 2. The average molecular weight is 480 g/mol. The molecule has 0 aromatic heterocycles. The minimum atomic E-state index is -0.958. The third-order valence-corrected chi connectivity index (χ3v) is 7.22. The first-order valence-electron chi connectivity index (χ1n) is 11.7. The number of rotatable bonds is 3. The highest BCUT2D eigenvalue weighted by Crippen LogP contribution is 2.53. The summed E-state index contributed by atoms with van der Waals surface area (Å²) in [6.45, 7) is 0.0828. The monoisotopic (exact) mass is 480 g/mol. The van der Waals surface area contributed by atoms with Gasteiger partial charge in [-0.1, -0.05) is 42.5 Å². The fourth-order valence-electron chi connectivity index (χ4n) is 5.68. The van der Waals surface area contributed by atoms with Crippen LogP contribution in [0.4, 0.5) is 11.4 Å². The number of nitrogens with one attached hydrogen (secondary N) is 1. The van der Waals surface area contributed by atoms with Crippen molar-refractivity contribution in [1.29, 1.82) is 0 Å². The smallest absolute Gasteiger partial charge is 0.249 e. The Hall–Kier alpha value is -4.66. The van der Waals surface area contributed by atoms with Gasteiger partial charge in [-0.15, -0.1) is 0 Å². The second-order valence-electron chi connectivity index (χ2n) is 9.10. The van der Waals surface area contributed by atoms with Crippen LogP contribution >= 0.6 is 0 Å². The molecular weight excluding hydrogens is 460 g/mol. The zero-order valence-electron chi connectivity index (χ0n) is 18.9. The molecule has 9 nitrogen and oxygen atoms in total. The summed E-state index contributed by atoms with van der Waals surface area (Å²) in [5.41, 5.74) is 2.73. The molecule has 1 N–H and O–H groups in total. The Morgan fingerprint density at radius 1 is 0.889 bits per heavy atom. The van der Waals surface area contributed by atoms with E-state index >= 15 is 0 Å². The Morgan fingerprint density at radius 3 is 2.50 bits per heavy atom. The molecule has 9 heteroatoms. The van der Waals surface area contributed by atoms with Crippen molar-refractivity contribution < 1.29 is 23.9 Å². The van der Waals surface area contributed by atoms with Gasteiger partial charge < -0.3 is 14.8 Å². The maximum absolute atomic E-state index is 13.9. The van der Waals surface area contributed by atoms with Crippen molar-refractivity contribution in [2.45, 2.75) is 12.1 Å². The van der Waals surface area contributed by atoms with Gasteiger partial charge in [0.25, 0.3) is 0 Å². The van der Waals surface area contributed by atoms with Gasteiger partial charge in [-0.05, 0) is 35.4 Å². The lowest BCUT2D eigenvalue weighted by Crippen LogP contribution is -2.46. The van der Waals surface area contributed by atoms with E-state index in [2.05, 4.69) is 10.4 Å². The van der Waals surface area contributed by atoms with E-state index in [0.29, 0.717) is 22.9 Å². The van der Waals surface area contributed by atoms with Crippen LogP contribution in [-0.4, -0.2) is 41.8 Å². The number of nitrogens with zero attached hydrogens (tertiary/aromatic N) is 3. The number of hydrogen-bond donors (Lipinski definition) is 1. The molecule has 0 spiro atoms. The van der Waals surface area contributed by atoms with Crippen molar-refractivity contribution >= 4 is 35.3 Å². The Morgan fingerprint density at radius 2 is 1.64 bits per heavy atom. The highest BCUT2D eigenvalue weighted by atomic mass is 16.7. The van der Waals surface area contributed by atoms with Gasteiger partial charge in [0.15, 0.2) is 11.5 Å². The Labute approximate surface area is 205 Å². The highest BCUT2D eigenvalue weighted by Gasteiger charge is 2.65. The average Bonchev–Trinajstić information content (AvgIpc) is 3.57. The highest BCUT2D eigenvalue weighted by molar-refractivity contribution is 6.24. The van der Waals surface area contributed by atoms with Crippen LogP contribution in [0.25, 0.3) is 0 Å². The van der Waals surface area contributed by atoms with Crippen LogP contribution < -0.4 is 19.7 Å². The molecule has 0 bridgehead atoms. The minimum Gasteiger partial charge on any atom is -0.454 e. The van der Waals surface area contributed by atoms with Gasteiger partial charge in [-0.2, -0.15) is 5.10 Å². The number of amides is 3. The standard InChI is InChI=1S/C27H20N4O5/c32-25(29-16-7-2-1-3-8-16)24-22-21(23-18-9-5-4-6-15(18)13-28-31(23)24)26(33)30(27(22)34)17-10-11-19-20(12-17)36-14-35-19/h1-13,21-24H,14H2,(H,29,32)/t21-,22+,23+,24-/m1/s1. The van der Waals surface area contributed by atoms with Crippen LogP contribution in [0.3, 0.4) is 0 Å². The van der Waals surface area contributed by atoms with Crippen LogP contribution in [-0.2, 0) is 14.4 Å². The van der Waals surface area contributed by atoms with Gasteiger partial charge in [0.2, 0.25) is 24.5 Å². The van der Waals surface area contributed by atoms with Crippen molar-refractivity contribution in [2.75, 3.05) is 17.0 Å². The van der Waals surface area contributed by atoms with Crippen LogP contribution in [0.1, 0.15) is 17.2 Å². The summed E-state index contributed by atoms with van der Waals surface area (Å²) in [6.07, 6.45) is 1.68. The minimum absolute atomic E-state index is 0.0828. The summed E-state index contributed by atoms with van der Waals surface area (Å²) in [5.74, 6) is -1.82. The molecule has 3 aromatic carbocycles. The molecule has 4 heterocycles. The molecule has 0 aliphatic carbocycles. The molecule has 0 saturated carbocycles. The second-order valence-corrected chi connectivity index (χ2v) is 9.10. The first-order valence-corrected chi connectivity index (χ1v) is 11.7. The Kier molecular flexibility index (Phi) is 4.41. The van der Waals surface area contributed by atoms with Gasteiger partial charge in [0.1, 0.15) is 6.04 Å². The molecule has 178 valence electrons. The number of hydrazone groups is 1. The molecule has 0 radical (unpaired) electrons. The number of fused-ring (bicyclic) bond motifs is 6. The third-order valence-electron chi connectivity index (χ3n) is 7.22. The Bertz CT molecular complexity index is 1460. The van der Waals surface area contributed by atoms with Gasteiger partial charge in [-0.25, -0.2) is 4.90 Å². The molecule has 4 atom stereocenters. The number of ether oxygens (including phenoxy) is 2. The van der Waals surface area contributed by atoms with Gasteiger partial charge >= 0.3 is 0 Å². The lowest BCUT2D eigenvalue weighted by Gasteiger charge is -2.33. The van der Waals surface area contributed by atoms with E-state index in [9.17, 15) is 14.4 Å². The van der Waals surface area contributed by atoms with E-state index < -0.39 is 29.8 Å². The molecule has 2 saturated heterocycles. The van der Waals surface area contributed by atoms with E-state index in [-0.39, 0.29) is 18.6 Å². The molecule has 3 aromatic rings. The van der Waals surface area contributed by atoms with Gasteiger partial charge in [0.05, 0.1) is 29.8 Å². The molecule has 0 unspecified atom stereocenters. The van der Waals surface area contributed by atoms with E-state index in [0.717, 1.165) is 11.1 Å². The van der Waals surface area contributed by atoms with E-state index in [1.807, 2.05) is 42.5 Å². The summed E-state index contributed by atoms with van der Waals surface area (Å²) in [5, 5.41) is 9.09. The number of hydrogen-bond acceptors (Lipinski definition) is 7. The van der Waals surface area contributed by atoms with E-state index in [1.54, 1.807) is 41.6 Å². The van der Waals surface area contributed by atoms with Gasteiger partial charge in [-0.3, -0.25) is 19.4 Å². The fourth-order valence-corrected chi connectivity index (χ4v) is 5.68. The zero-order valence-corrected chi connectivity index (χ0v) is 18.9. The fraction of sp³-hybridized carbons (Fsp3) is 0.185. The van der Waals surface area contributed by atoms with Crippen molar-refractivity contribution in [1.82, 2.24) is 5.01 Å². The summed E-state index contributed by atoms with van der Waals surface area (Å²) in [4.78, 5) is 42.6. The summed E-state index contributed by atoms with van der Waals surface area (Å²) >= 11 is 0. The predicted molar refractivity (Wildman–Crippen MR) is 130 cm³/mol. The third kappa shape index (κ3) is 2.89. The van der Waals surface area contributed by atoms with Crippen molar-refractivity contribution in [3.05, 3.63) is 83.9 Å². The summed E-state index contributed by atoms with van der Waals surface area (Å²) < 4.78 is 10.8. The van der Waals surface area contributed by atoms with Crippen LogP contribution in [0.2, 0.25) is 0 Å². The predicted octanol–water partition coefficient (Wildman–Crippen LogP) is 2.93. The number of carbonyl (C=O) groups excluding carboxylic acids is 3. The van der Waals surface area contributed by atoms with Crippen LogP contribution in [0.15, 0.2) is 77.9 Å². The largest absolute Gasteiger partial charge is 0.454 e. The summed E-state index contributed by atoms with van der Waals surface area (Å²) in [7, 11) is 0. The number of carbonyl (C=O) groups is 3. The van der Waals surface area contributed by atoms with Crippen molar-refractivity contribution in [3.8, 4) is 11.5 Å². The molecule has 3 amide bonds. The van der Waals surface area contributed by atoms with Crippen molar-refractivity contribution in [3.63, 3.8) is 0 Å². The molecule has 2 fully saturated rings. The number of para-hydroxylation sites is 1. The normalized spacial score (nSPS) is 25.0. The SMILES string of the molecule is O=C(Nc1ccccc1)[C@H]1[C@H]2C(=O)N(c3ccc4c(c3)OCO4)C(=O)[C@H]2[C@@H]2c3ccccc3C=NN12. The number of imide groups is 1. The van der Waals surface area contributed by atoms with Gasteiger partial charge in [0, 0.05) is 11.8 Å². The molecule has 4 aliphatic rings. The lowest BCUT2D eigenvalue weighted by atomic mass is 9.85. The molecule has 7 rings (SSSR count). The first kappa shape index (κ1) is 20.7. The summed E-state index contributed by atoms with van der Waals surface area (Å²) in [6, 6.07) is 20.1. The lowest BCUT2D eigenvalue weighted by molar-refractivity contribution is -0.129. The Balaban J connectivity index is 1.32. The maximum Gasteiger partial charge on any atom is 0.249 e.